The lowest BCUT2D eigenvalue weighted by molar-refractivity contribution is -0.119. The number of nitrogens with one attached hydrogen (secondary N) is 2. The van der Waals surface area contributed by atoms with Crippen LogP contribution in [-0.4, -0.2) is 39.0 Å². The van der Waals surface area contributed by atoms with E-state index in [-0.39, 0.29) is 18.2 Å². The molecule has 0 saturated heterocycles. The Morgan fingerprint density at radius 1 is 1.43 bits per heavy atom. The van der Waals surface area contributed by atoms with E-state index in [0.717, 1.165) is 0 Å². The topological polar surface area (TPSA) is 75.3 Å². The zero-order valence-electron chi connectivity index (χ0n) is 8.05. The molecule has 0 aliphatic carbocycles. The van der Waals surface area contributed by atoms with E-state index in [2.05, 4.69) is 10.0 Å². The van der Waals surface area contributed by atoms with Gasteiger partial charge in [-0.05, 0) is 13.3 Å². The molecule has 0 aromatic heterocycles. The molecule has 1 amide bonds. The van der Waals surface area contributed by atoms with Gasteiger partial charge in [0.2, 0.25) is 15.9 Å². The molecule has 7 heteroatoms. The van der Waals surface area contributed by atoms with Crippen LogP contribution >= 0.6 is 11.6 Å². The number of halogens is 1. The Kier molecular flexibility index (Phi) is 6.86. The third-order valence-electron chi connectivity index (χ3n) is 1.37. The molecule has 0 spiro atoms. The Morgan fingerprint density at radius 2 is 2.07 bits per heavy atom. The molecule has 0 unspecified atom stereocenters. The molecule has 0 saturated carbocycles. The van der Waals surface area contributed by atoms with Gasteiger partial charge in [-0.25, -0.2) is 13.1 Å². The van der Waals surface area contributed by atoms with Crippen molar-refractivity contribution in [3.63, 3.8) is 0 Å². The summed E-state index contributed by atoms with van der Waals surface area (Å²) in [6.45, 7) is 2.04. The molecule has 84 valence electrons. The Balaban J connectivity index is 3.81. The lowest BCUT2D eigenvalue weighted by Gasteiger charge is -2.05. The van der Waals surface area contributed by atoms with Gasteiger partial charge in [-0.1, -0.05) is 0 Å². The van der Waals surface area contributed by atoms with Crippen LogP contribution in [0.25, 0.3) is 0 Å². The molecular formula is C7H15ClN2O3S. The number of hydrogen-bond donors (Lipinski definition) is 2. The van der Waals surface area contributed by atoms with Crippen molar-refractivity contribution in [1.29, 1.82) is 0 Å². The van der Waals surface area contributed by atoms with Gasteiger partial charge < -0.3 is 5.32 Å². The van der Waals surface area contributed by atoms with E-state index < -0.39 is 10.0 Å². The van der Waals surface area contributed by atoms with E-state index in [1.54, 1.807) is 6.92 Å². The molecule has 0 atom stereocenters. The fourth-order valence-electron chi connectivity index (χ4n) is 0.752. The summed E-state index contributed by atoms with van der Waals surface area (Å²) in [7, 11) is -3.35. The van der Waals surface area contributed by atoms with Gasteiger partial charge in [0, 0.05) is 12.4 Å². The van der Waals surface area contributed by atoms with E-state index in [0.29, 0.717) is 18.8 Å². The molecule has 0 aliphatic rings. The lowest BCUT2D eigenvalue weighted by atomic mass is 10.6. The summed E-state index contributed by atoms with van der Waals surface area (Å²) in [5.74, 6) is -0.0835. The summed E-state index contributed by atoms with van der Waals surface area (Å²) < 4.78 is 24.5. The second-order valence-electron chi connectivity index (χ2n) is 2.64. The van der Waals surface area contributed by atoms with Crippen molar-refractivity contribution in [3.05, 3.63) is 0 Å². The molecule has 0 fully saturated rings. The predicted octanol–water partition coefficient (Wildman–Crippen LogP) is -0.329. The highest BCUT2D eigenvalue weighted by Crippen LogP contribution is 1.91. The lowest BCUT2D eigenvalue weighted by Crippen LogP contribution is -2.37. The van der Waals surface area contributed by atoms with Crippen molar-refractivity contribution in [3.8, 4) is 0 Å². The Bertz CT molecular complexity index is 266. The number of alkyl halides is 1. The maximum atomic E-state index is 11.1. The average Bonchev–Trinajstić information content (AvgIpc) is 2.13. The SMILES string of the molecule is CCNC(=O)CNS(=O)(=O)CCCCl. The van der Waals surface area contributed by atoms with Crippen LogP contribution in [0.2, 0.25) is 0 Å². The third-order valence-corrected chi connectivity index (χ3v) is 3.05. The average molecular weight is 243 g/mol. The first-order chi connectivity index (χ1) is 6.52. The number of likely N-dealkylation sites (N-methyl/N-ethyl adjacent to an activating group) is 1. The van der Waals surface area contributed by atoms with Crippen molar-refractivity contribution < 1.29 is 13.2 Å². The first kappa shape index (κ1) is 13.7. The zero-order valence-corrected chi connectivity index (χ0v) is 9.62. The van der Waals surface area contributed by atoms with E-state index >= 15 is 0 Å². The maximum Gasteiger partial charge on any atom is 0.235 e. The number of hydrogen-bond acceptors (Lipinski definition) is 3. The second kappa shape index (κ2) is 7.03. The van der Waals surface area contributed by atoms with Crippen LogP contribution in [0.15, 0.2) is 0 Å². The minimum atomic E-state index is -3.35. The fraction of sp³-hybridized carbons (Fsp3) is 0.857. The van der Waals surface area contributed by atoms with Crippen LogP contribution < -0.4 is 10.0 Å². The van der Waals surface area contributed by atoms with E-state index in [4.69, 9.17) is 11.6 Å². The number of carbonyl (C=O) groups excluding carboxylic acids is 1. The van der Waals surface area contributed by atoms with Crippen LogP contribution in [-0.2, 0) is 14.8 Å². The first-order valence-electron chi connectivity index (χ1n) is 4.32. The Hall–Kier alpha value is -0.330. The summed E-state index contributed by atoms with van der Waals surface area (Å²) in [4.78, 5) is 10.9. The molecule has 0 heterocycles. The summed E-state index contributed by atoms with van der Waals surface area (Å²) in [6.07, 6.45) is 0.381. The van der Waals surface area contributed by atoms with Crippen molar-refractivity contribution in [2.75, 3.05) is 24.7 Å². The predicted molar refractivity (Wildman–Crippen MR) is 55.8 cm³/mol. The highest BCUT2D eigenvalue weighted by Gasteiger charge is 2.10. The molecule has 0 bridgehead atoms. The third kappa shape index (κ3) is 7.11. The zero-order chi connectivity index (χ0) is 11.0. The first-order valence-corrected chi connectivity index (χ1v) is 6.50. The van der Waals surface area contributed by atoms with Gasteiger partial charge >= 0.3 is 0 Å². The van der Waals surface area contributed by atoms with Gasteiger partial charge in [-0.15, -0.1) is 11.6 Å². The van der Waals surface area contributed by atoms with Crippen LogP contribution in [0.4, 0.5) is 0 Å². The van der Waals surface area contributed by atoms with Crippen molar-refractivity contribution in [1.82, 2.24) is 10.0 Å². The minimum absolute atomic E-state index is 0.0457. The molecule has 0 radical (unpaired) electrons. The van der Waals surface area contributed by atoms with Gasteiger partial charge in [-0.3, -0.25) is 4.79 Å². The summed E-state index contributed by atoms with van der Waals surface area (Å²) >= 11 is 5.35. The Morgan fingerprint density at radius 3 is 2.57 bits per heavy atom. The van der Waals surface area contributed by atoms with Crippen LogP contribution in [0, 0.1) is 0 Å². The van der Waals surface area contributed by atoms with Crippen molar-refractivity contribution >= 4 is 27.5 Å². The highest BCUT2D eigenvalue weighted by molar-refractivity contribution is 7.89. The molecule has 14 heavy (non-hydrogen) atoms. The van der Waals surface area contributed by atoms with Crippen molar-refractivity contribution in [2.24, 2.45) is 0 Å². The largest absolute Gasteiger partial charge is 0.355 e. The second-order valence-corrected chi connectivity index (χ2v) is 4.94. The quantitative estimate of drug-likeness (QED) is 0.601. The molecule has 0 aliphatic heterocycles. The number of sulfonamides is 1. The van der Waals surface area contributed by atoms with Gasteiger partial charge in [0.05, 0.1) is 12.3 Å². The number of amides is 1. The van der Waals surface area contributed by atoms with Gasteiger partial charge in [0.1, 0.15) is 0 Å². The number of carbonyl (C=O) groups is 1. The van der Waals surface area contributed by atoms with E-state index in [1.165, 1.54) is 0 Å². The maximum absolute atomic E-state index is 11.1. The van der Waals surface area contributed by atoms with Crippen LogP contribution in [0.3, 0.4) is 0 Å². The highest BCUT2D eigenvalue weighted by atomic mass is 35.5. The van der Waals surface area contributed by atoms with Gasteiger partial charge in [-0.2, -0.15) is 0 Å². The summed E-state index contributed by atoms with van der Waals surface area (Å²) in [6, 6.07) is 0. The Labute approximate surface area is 89.3 Å². The van der Waals surface area contributed by atoms with Gasteiger partial charge in [0.25, 0.3) is 0 Å². The standard InChI is InChI=1S/C7H15ClN2O3S/c1-2-9-7(11)6-10-14(12,13)5-3-4-8/h10H,2-6H2,1H3,(H,9,11). The monoisotopic (exact) mass is 242 g/mol. The molecular weight excluding hydrogens is 228 g/mol. The normalized spacial score (nSPS) is 11.3. The molecule has 0 aromatic carbocycles. The summed E-state index contributed by atoms with van der Waals surface area (Å²) in [5.41, 5.74) is 0. The molecule has 5 nitrogen and oxygen atoms in total. The minimum Gasteiger partial charge on any atom is -0.355 e. The fourth-order valence-corrected chi connectivity index (χ4v) is 2.06. The van der Waals surface area contributed by atoms with Crippen LogP contribution in [0.1, 0.15) is 13.3 Å². The van der Waals surface area contributed by atoms with E-state index in [1.807, 2.05) is 0 Å². The van der Waals surface area contributed by atoms with E-state index in [9.17, 15) is 13.2 Å². The molecule has 0 rings (SSSR count). The molecule has 0 aromatic rings. The molecule has 2 N–H and O–H groups in total. The van der Waals surface area contributed by atoms with Crippen LogP contribution in [0.5, 0.6) is 0 Å². The summed E-state index contributed by atoms with van der Waals surface area (Å²) in [5, 5.41) is 2.48. The smallest absolute Gasteiger partial charge is 0.235 e. The number of rotatable bonds is 7. The van der Waals surface area contributed by atoms with Gasteiger partial charge in [0.15, 0.2) is 0 Å². The van der Waals surface area contributed by atoms with Crippen molar-refractivity contribution in [2.45, 2.75) is 13.3 Å².